The maximum absolute atomic E-state index is 13.6. The summed E-state index contributed by atoms with van der Waals surface area (Å²) in [6, 6.07) is 1.46. The van der Waals surface area contributed by atoms with Gasteiger partial charge in [0.2, 0.25) is 0 Å². The van der Waals surface area contributed by atoms with Gasteiger partial charge in [0.15, 0.2) is 0 Å². The van der Waals surface area contributed by atoms with E-state index in [4.69, 9.17) is 5.11 Å². The number of halogens is 1. The Morgan fingerprint density at radius 1 is 1.42 bits per heavy atom. The first-order valence-corrected chi connectivity index (χ1v) is 5.71. The molecule has 0 amide bonds. The van der Waals surface area contributed by atoms with E-state index in [0.29, 0.717) is 0 Å². The Hall–Kier alpha value is -2.18. The van der Waals surface area contributed by atoms with Crippen LogP contribution < -0.4 is 5.32 Å². The van der Waals surface area contributed by atoms with Crippen LogP contribution in [0.15, 0.2) is 12.1 Å². The van der Waals surface area contributed by atoms with Gasteiger partial charge in [0, 0.05) is 18.2 Å². The number of nitrogens with zero attached hydrogens (tertiary/aromatic N) is 1. The van der Waals surface area contributed by atoms with Crippen LogP contribution in [0.3, 0.4) is 0 Å². The summed E-state index contributed by atoms with van der Waals surface area (Å²) in [4.78, 5) is 20.9. The lowest BCUT2D eigenvalue weighted by Crippen LogP contribution is -2.22. The van der Waals surface area contributed by atoms with Crippen LogP contribution >= 0.6 is 0 Å². The molecule has 6 nitrogen and oxygen atoms in total. The Balaban J connectivity index is 3.27. The molecular weight excluding hydrogens is 255 g/mol. The second-order valence-corrected chi connectivity index (χ2v) is 4.59. The zero-order valence-corrected chi connectivity index (χ0v) is 10.8. The van der Waals surface area contributed by atoms with Gasteiger partial charge < -0.3 is 10.4 Å². The average molecular weight is 270 g/mol. The molecule has 0 saturated carbocycles. The lowest BCUT2D eigenvalue weighted by Gasteiger charge is -2.19. The SMILES string of the molecule is CC(C)C(C)Nc1cc(F)c(C(=O)O)cc1[N+](=O)[O-]. The van der Waals surface area contributed by atoms with Crippen LogP contribution in [0, 0.1) is 21.8 Å². The van der Waals surface area contributed by atoms with E-state index in [1.165, 1.54) is 0 Å². The predicted octanol–water partition coefficient (Wildman–Crippen LogP) is 2.89. The van der Waals surface area contributed by atoms with Gasteiger partial charge in [-0.15, -0.1) is 0 Å². The summed E-state index contributed by atoms with van der Waals surface area (Å²) < 4.78 is 13.6. The fourth-order valence-corrected chi connectivity index (χ4v) is 1.40. The molecule has 0 heterocycles. The summed E-state index contributed by atoms with van der Waals surface area (Å²) in [5, 5.41) is 22.5. The van der Waals surface area contributed by atoms with Gasteiger partial charge in [0.25, 0.3) is 5.69 Å². The molecule has 1 rings (SSSR count). The zero-order valence-electron chi connectivity index (χ0n) is 10.8. The van der Waals surface area contributed by atoms with Crippen molar-refractivity contribution in [3.8, 4) is 0 Å². The van der Waals surface area contributed by atoms with E-state index in [-0.39, 0.29) is 17.6 Å². The third-order valence-electron chi connectivity index (χ3n) is 2.90. The fourth-order valence-electron chi connectivity index (χ4n) is 1.40. The van der Waals surface area contributed by atoms with Gasteiger partial charge in [-0.3, -0.25) is 10.1 Å². The van der Waals surface area contributed by atoms with E-state index >= 15 is 0 Å². The lowest BCUT2D eigenvalue weighted by atomic mass is 10.1. The molecule has 0 spiro atoms. The molecule has 0 aliphatic carbocycles. The molecule has 0 radical (unpaired) electrons. The number of nitrogens with one attached hydrogen (secondary N) is 1. The molecule has 7 heteroatoms. The van der Waals surface area contributed by atoms with Crippen molar-refractivity contribution in [1.82, 2.24) is 0 Å². The van der Waals surface area contributed by atoms with Crippen LogP contribution in [0.2, 0.25) is 0 Å². The summed E-state index contributed by atoms with van der Waals surface area (Å²) in [5.41, 5.74) is -1.19. The quantitative estimate of drug-likeness (QED) is 0.634. The number of carbonyl (C=O) groups is 1. The Morgan fingerprint density at radius 2 is 2.00 bits per heavy atom. The molecule has 1 atom stereocenters. The highest BCUT2D eigenvalue weighted by Crippen LogP contribution is 2.29. The smallest absolute Gasteiger partial charge is 0.338 e. The van der Waals surface area contributed by atoms with Crippen LogP contribution in [0.5, 0.6) is 0 Å². The highest BCUT2D eigenvalue weighted by molar-refractivity contribution is 5.90. The normalized spacial score (nSPS) is 12.3. The summed E-state index contributed by atoms with van der Waals surface area (Å²) in [6.07, 6.45) is 0. The van der Waals surface area contributed by atoms with Crippen molar-refractivity contribution in [1.29, 1.82) is 0 Å². The van der Waals surface area contributed by atoms with Crippen molar-refractivity contribution >= 4 is 17.3 Å². The first kappa shape index (κ1) is 14.9. The van der Waals surface area contributed by atoms with Crippen molar-refractivity contribution in [3.63, 3.8) is 0 Å². The number of hydrogen-bond acceptors (Lipinski definition) is 4. The van der Waals surface area contributed by atoms with E-state index in [9.17, 15) is 19.3 Å². The third-order valence-corrected chi connectivity index (χ3v) is 2.90. The second kappa shape index (κ2) is 5.64. The van der Waals surface area contributed by atoms with Crippen LogP contribution in [0.25, 0.3) is 0 Å². The largest absolute Gasteiger partial charge is 0.478 e. The van der Waals surface area contributed by atoms with E-state index in [2.05, 4.69) is 5.32 Å². The number of benzene rings is 1. The minimum atomic E-state index is -1.54. The van der Waals surface area contributed by atoms with E-state index in [1.807, 2.05) is 13.8 Å². The molecule has 0 aliphatic rings. The van der Waals surface area contributed by atoms with Crippen LogP contribution in [0.4, 0.5) is 15.8 Å². The van der Waals surface area contributed by atoms with Gasteiger partial charge in [-0.2, -0.15) is 0 Å². The van der Waals surface area contributed by atoms with Gasteiger partial charge in [-0.1, -0.05) is 13.8 Å². The van der Waals surface area contributed by atoms with Crippen LogP contribution in [-0.2, 0) is 0 Å². The molecule has 104 valence electrons. The van der Waals surface area contributed by atoms with Crippen molar-refractivity contribution in [2.24, 2.45) is 5.92 Å². The number of anilines is 1. The van der Waals surface area contributed by atoms with Crippen molar-refractivity contribution in [2.75, 3.05) is 5.32 Å². The molecule has 1 unspecified atom stereocenters. The van der Waals surface area contributed by atoms with Crippen LogP contribution in [0.1, 0.15) is 31.1 Å². The van der Waals surface area contributed by atoms with E-state index in [0.717, 1.165) is 12.1 Å². The zero-order chi connectivity index (χ0) is 14.7. The molecule has 0 aliphatic heterocycles. The summed E-state index contributed by atoms with van der Waals surface area (Å²) >= 11 is 0. The Kier molecular flexibility index (Phi) is 4.42. The molecule has 2 N–H and O–H groups in total. The molecule has 0 saturated heterocycles. The van der Waals surface area contributed by atoms with Crippen molar-refractivity contribution in [3.05, 3.63) is 33.6 Å². The molecule has 0 aromatic heterocycles. The standard InChI is InChI=1S/C12H15FN2O4/c1-6(2)7(3)14-10-5-9(13)8(12(16)17)4-11(10)15(18)19/h4-7,14H,1-3H3,(H,16,17). The van der Waals surface area contributed by atoms with E-state index in [1.54, 1.807) is 6.92 Å². The molecular formula is C12H15FN2O4. The first-order valence-electron chi connectivity index (χ1n) is 5.71. The average Bonchev–Trinajstić information content (AvgIpc) is 2.27. The van der Waals surface area contributed by atoms with E-state index < -0.39 is 28.0 Å². The monoisotopic (exact) mass is 270 g/mol. The Morgan fingerprint density at radius 3 is 2.42 bits per heavy atom. The third kappa shape index (κ3) is 3.40. The number of nitro groups is 1. The maximum atomic E-state index is 13.6. The molecule has 1 aromatic carbocycles. The summed E-state index contributed by atoms with van der Waals surface area (Å²) in [5.74, 6) is -2.36. The number of carboxylic acid groups (broad SMARTS) is 1. The van der Waals surface area contributed by atoms with Crippen LogP contribution in [-0.4, -0.2) is 22.0 Å². The fraction of sp³-hybridized carbons (Fsp3) is 0.417. The molecule has 0 bridgehead atoms. The van der Waals surface area contributed by atoms with Gasteiger partial charge in [-0.05, 0) is 12.8 Å². The van der Waals surface area contributed by atoms with Gasteiger partial charge in [0.1, 0.15) is 17.1 Å². The van der Waals surface area contributed by atoms with Crippen molar-refractivity contribution in [2.45, 2.75) is 26.8 Å². The minimum Gasteiger partial charge on any atom is -0.478 e. The summed E-state index contributed by atoms with van der Waals surface area (Å²) in [7, 11) is 0. The van der Waals surface area contributed by atoms with Crippen molar-refractivity contribution < 1.29 is 19.2 Å². The first-order chi connectivity index (χ1) is 8.73. The maximum Gasteiger partial charge on any atom is 0.338 e. The number of carboxylic acids is 1. The molecule has 0 fully saturated rings. The Bertz CT molecular complexity index is 517. The second-order valence-electron chi connectivity index (χ2n) is 4.59. The molecule has 19 heavy (non-hydrogen) atoms. The number of nitro benzene ring substituents is 1. The minimum absolute atomic E-state index is 0.0197. The molecule has 1 aromatic rings. The summed E-state index contributed by atoms with van der Waals surface area (Å²) in [6.45, 7) is 5.62. The topological polar surface area (TPSA) is 92.5 Å². The predicted molar refractivity (Wildman–Crippen MR) is 67.9 cm³/mol. The van der Waals surface area contributed by atoms with Gasteiger partial charge in [-0.25, -0.2) is 9.18 Å². The highest BCUT2D eigenvalue weighted by Gasteiger charge is 2.23. The van der Waals surface area contributed by atoms with Gasteiger partial charge in [0.05, 0.1) is 4.92 Å². The Labute approximate surface area is 109 Å². The number of hydrogen-bond donors (Lipinski definition) is 2. The number of aromatic carboxylic acids is 1. The van der Waals surface area contributed by atoms with Gasteiger partial charge >= 0.3 is 5.97 Å². The highest BCUT2D eigenvalue weighted by atomic mass is 19.1. The number of rotatable bonds is 5. The lowest BCUT2D eigenvalue weighted by molar-refractivity contribution is -0.384.